The van der Waals surface area contributed by atoms with Gasteiger partial charge in [-0.2, -0.15) is 0 Å². The van der Waals surface area contributed by atoms with Crippen LogP contribution in [0.3, 0.4) is 0 Å². The topological polar surface area (TPSA) is 41.1 Å². The Labute approximate surface area is 105 Å². The first-order valence-corrected chi connectivity index (χ1v) is 6.12. The fourth-order valence-electron chi connectivity index (χ4n) is 2.08. The van der Waals surface area contributed by atoms with Crippen molar-refractivity contribution in [3.63, 3.8) is 0 Å². The molecule has 2 rings (SSSR count). The molecule has 0 saturated carbocycles. The number of nitrogens with one attached hydrogen (secondary N) is 2. The lowest BCUT2D eigenvalue weighted by Crippen LogP contribution is -2.41. The highest BCUT2D eigenvalue weighted by Gasteiger charge is 2.21. The molecule has 1 aromatic rings. The van der Waals surface area contributed by atoms with Crippen LogP contribution in [0.4, 0.5) is 8.78 Å². The van der Waals surface area contributed by atoms with Crippen LogP contribution in [-0.4, -0.2) is 25.0 Å². The average molecular weight is 254 g/mol. The lowest BCUT2D eigenvalue weighted by Gasteiger charge is -2.11. The summed E-state index contributed by atoms with van der Waals surface area (Å²) in [7, 11) is 0. The number of carbonyl (C=O) groups excluding carboxylic acids is 1. The molecule has 0 spiro atoms. The molecule has 0 unspecified atom stereocenters. The number of benzene rings is 1. The first-order valence-electron chi connectivity index (χ1n) is 6.12. The first-order chi connectivity index (χ1) is 8.66. The van der Waals surface area contributed by atoms with Crippen LogP contribution in [0.5, 0.6) is 0 Å². The van der Waals surface area contributed by atoms with Crippen LogP contribution in [-0.2, 0) is 11.2 Å². The Hall–Kier alpha value is -1.49. The summed E-state index contributed by atoms with van der Waals surface area (Å²) in [5.74, 6) is -1.20. The molecule has 1 atom stereocenters. The smallest absolute Gasteiger partial charge is 0.237 e. The SMILES string of the molecule is O=C(NCCc1ccc(F)cc1F)[C@@H]1CCCN1. The molecule has 1 aliphatic rings. The summed E-state index contributed by atoms with van der Waals surface area (Å²) in [6.45, 7) is 1.23. The zero-order chi connectivity index (χ0) is 13.0. The molecule has 1 amide bonds. The van der Waals surface area contributed by atoms with Gasteiger partial charge in [0.1, 0.15) is 11.6 Å². The highest BCUT2D eigenvalue weighted by molar-refractivity contribution is 5.81. The molecule has 0 bridgehead atoms. The highest BCUT2D eigenvalue weighted by atomic mass is 19.1. The number of halogens is 2. The summed E-state index contributed by atoms with van der Waals surface area (Å²) in [6.07, 6.45) is 2.21. The summed E-state index contributed by atoms with van der Waals surface area (Å²) in [6, 6.07) is 3.36. The Morgan fingerprint density at radius 1 is 1.44 bits per heavy atom. The van der Waals surface area contributed by atoms with Crippen molar-refractivity contribution >= 4 is 5.91 Å². The summed E-state index contributed by atoms with van der Waals surface area (Å²) < 4.78 is 26.0. The van der Waals surface area contributed by atoms with Gasteiger partial charge in [0.2, 0.25) is 5.91 Å². The minimum absolute atomic E-state index is 0.0463. The van der Waals surface area contributed by atoms with E-state index in [1.807, 2.05) is 0 Å². The lowest BCUT2D eigenvalue weighted by atomic mass is 10.1. The highest BCUT2D eigenvalue weighted by Crippen LogP contribution is 2.10. The van der Waals surface area contributed by atoms with E-state index in [2.05, 4.69) is 10.6 Å². The normalized spacial score (nSPS) is 18.9. The zero-order valence-electron chi connectivity index (χ0n) is 10.0. The maximum atomic E-state index is 13.3. The summed E-state index contributed by atoms with van der Waals surface area (Å²) in [5, 5.41) is 5.84. The van der Waals surface area contributed by atoms with Crippen molar-refractivity contribution in [2.24, 2.45) is 0 Å². The second-order valence-corrected chi connectivity index (χ2v) is 4.43. The Morgan fingerprint density at radius 2 is 2.28 bits per heavy atom. The van der Waals surface area contributed by atoms with E-state index in [0.29, 0.717) is 18.5 Å². The minimum atomic E-state index is -0.588. The molecule has 0 aliphatic carbocycles. The molecule has 1 heterocycles. The molecule has 5 heteroatoms. The molecule has 0 aromatic heterocycles. The molecule has 98 valence electrons. The molecular weight excluding hydrogens is 238 g/mol. The Balaban J connectivity index is 1.79. The molecule has 1 saturated heterocycles. The summed E-state index contributed by atoms with van der Waals surface area (Å²) >= 11 is 0. The van der Waals surface area contributed by atoms with Gasteiger partial charge in [-0.1, -0.05) is 6.07 Å². The maximum absolute atomic E-state index is 13.3. The van der Waals surface area contributed by atoms with E-state index in [1.165, 1.54) is 12.1 Å². The van der Waals surface area contributed by atoms with Crippen molar-refractivity contribution in [2.45, 2.75) is 25.3 Å². The third-order valence-electron chi connectivity index (χ3n) is 3.09. The van der Waals surface area contributed by atoms with E-state index >= 15 is 0 Å². The molecular formula is C13H16F2N2O. The molecule has 1 aliphatic heterocycles. The first kappa shape index (κ1) is 13.0. The van der Waals surface area contributed by atoms with Crippen LogP contribution in [0.1, 0.15) is 18.4 Å². The third kappa shape index (κ3) is 3.26. The van der Waals surface area contributed by atoms with Gasteiger partial charge in [-0.15, -0.1) is 0 Å². The quantitative estimate of drug-likeness (QED) is 0.852. The van der Waals surface area contributed by atoms with Gasteiger partial charge >= 0.3 is 0 Å². The van der Waals surface area contributed by atoms with E-state index < -0.39 is 11.6 Å². The Kier molecular flexibility index (Phi) is 4.25. The van der Waals surface area contributed by atoms with E-state index in [-0.39, 0.29) is 11.9 Å². The lowest BCUT2D eigenvalue weighted by molar-refractivity contribution is -0.122. The Morgan fingerprint density at radius 3 is 2.94 bits per heavy atom. The minimum Gasteiger partial charge on any atom is -0.354 e. The molecule has 1 aromatic carbocycles. The second kappa shape index (κ2) is 5.91. The van der Waals surface area contributed by atoms with Crippen LogP contribution < -0.4 is 10.6 Å². The van der Waals surface area contributed by atoms with E-state index in [1.54, 1.807) is 0 Å². The van der Waals surface area contributed by atoms with Gasteiger partial charge in [0.15, 0.2) is 0 Å². The summed E-state index contributed by atoms with van der Waals surface area (Å²) in [4.78, 5) is 11.6. The number of hydrogen-bond acceptors (Lipinski definition) is 2. The largest absolute Gasteiger partial charge is 0.354 e. The van der Waals surface area contributed by atoms with Crippen molar-refractivity contribution in [1.29, 1.82) is 0 Å². The molecule has 18 heavy (non-hydrogen) atoms. The maximum Gasteiger partial charge on any atom is 0.237 e. The van der Waals surface area contributed by atoms with Crippen LogP contribution in [0, 0.1) is 11.6 Å². The van der Waals surface area contributed by atoms with Gasteiger partial charge in [-0.25, -0.2) is 8.78 Å². The third-order valence-corrected chi connectivity index (χ3v) is 3.09. The van der Waals surface area contributed by atoms with Gasteiger partial charge in [0.05, 0.1) is 6.04 Å². The van der Waals surface area contributed by atoms with Crippen LogP contribution in [0.25, 0.3) is 0 Å². The number of hydrogen-bond donors (Lipinski definition) is 2. The predicted molar refractivity (Wildman–Crippen MR) is 64.1 cm³/mol. The monoisotopic (exact) mass is 254 g/mol. The van der Waals surface area contributed by atoms with Gasteiger partial charge in [0.25, 0.3) is 0 Å². The van der Waals surface area contributed by atoms with Gasteiger partial charge in [-0.3, -0.25) is 4.79 Å². The number of carbonyl (C=O) groups is 1. The van der Waals surface area contributed by atoms with Crippen molar-refractivity contribution in [2.75, 3.05) is 13.1 Å². The molecule has 1 fully saturated rings. The van der Waals surface area contributed by atoms with E-state index in [0.717, 1.165) is 25.5 Å². The second-order valence-electron chi connectivity index (χ2n) is 4.43. The average Bonchev–Trinajstić information content (AvgIpc) is 2.85. The van der Waals surface area contributed by atoms with Crippen molar-refractivity contribution in [1.82, 2.24) is 10.6 Å². The fourth-order valence-corrected chi connectivity index (χ4v) is 2.08. The van der Waals surface area contributed by atoms with E-state index in [9.17, 15) is 13.6 Å². The van der Waals surface area contributed by atoms with Crippen LogP contribution in [0.2, 0.25) is 0 Å². The summed E-state index contributed by atoms with van der Waals surface area (Å²) in [5.41, 5.74) is 0.413. The van der Waals surface area contributed by atoms with Gasteiger partial charge < -0.3 is 10.6 Å². The van der Waals surface area contributed by atoms with Crippen molar-refractivity contribution in [3.8, 4) is 0 Å². The van der Waals surface area contributed by atoms with E-state index in [4.69, 9.17) is 0 Å². The van der Waals surface area contributed by atoms with Crippen molar-refractivity contribution < 1.29 is 13.6 Å². The molecule has 3 nitrogen and oxygen atoms in total. The fraction of sp³-hybridized carbons (Fsp3) is 0.462. The molecule has 0 radical (unpaired) electrons. The molecule has 2 N–H and O–H groups in total. The van der Waals surface area contributed by atoms with Gasteiger partial charge in [0, 0.05) is 12.6 Å². The van der Waals surface area contributed by atoms with Gasteiger partial charge in [-0.05, 0) is 37.4 Å². The van der Waals surface area contributed by atoms with Crippen molar-refractivity contribution in [3.05, 3.63) is 35.4 Å². The Bertz CT molecular complexity index is 431. The van der Waals surface area contributed by atoms with Crippen LogP contribution in [0.15, 0.2) is 18.2 Å². The predicted octanol–water partition coefficient (Wildman–Crippen LogP) is 1.38. The van der Waals surface area contributed by atoms with Crippen LogP contribution >= 0.6 is 0 Å². The number of amides is 1. The number of rotatable bonds is 4. The zero-order valence-corrected chi connectivity index (χ0v) is 10.0. The standard InChI is InChI=1S/C13H16F2N2O/c14-10-4-3-9(11(15)8-10)5-7-17-13(18)12-2-1-6-16-12/h3-4,8,12,16H,1-2,5-7H2,(H,17,18)/t12-/m0/s1.